The van der Waals surface area contributed by atoms with Gasteiger partial charge in [0.05, 0.1) is 14.2 Å². The fourth-order valence-electron chi connectivity index (χ4n) is 2.43. The number of phenolic OH excluding ortho intramolecular Hbond substituents is 1. The highest BCUT2D eigenvalue weighted by atomic mass is 19.3. The number of methoxy groups -OCH3 is 2. The zero-order valence-electron chi connectivity index (χ0n) is 13.8. The Balaban J connectivity index is 1.85. The molecule has 0 saturated heterocycles. The number of carbonyl (C=O) groups excluding carboxylic acids is 1. The SMILES string of the molecule is COc1cc(O)c(C(=O)/C=C/c2ccc3c(c2)OC(F)(F)O3)c(OC)c1. The number of halogens is 2. The van der Waals surface area contributed by atoms with Crippen LogP contribution in [-0.2, 0) is 0 Å². The van der Waals surface area contributed by atoms with Crippen LogP contribution in [0.4, 0.5) is 8.78 Å². The number of rotatable bonds is 5. The Morgan fingerprint density at radius 3 is 2.54 bits per heavy atom. The van der Waals surface area contributed by atoms with Gasteiger partial charge >= 0.3 is 6.29 Å². The molecule has 0 saturated carbocycles. The molecular weight excluding hydrogens is 350 g/mol. The van der Waals surface area contributed by atoms with Crippen molar-refractivity contribution in [2.45, 2.75) is 6.29 Å². The van der Waals surface area contributed by atoms with Gasteiger partial charge in [-0.2, -0.15) is 0 Å². The summed E-state index contributed by atoms with van der Waals surface area (Å²) >= 11 is 0. The van der Waals surface area contributed by atoms with Gasteiger partial charge in [-0.05, 0) is 23.8 Å². The average molecular weight is 364 g/mol. The van der Waals surface area contributed by atoms with Gasteiger partial charge in [0.1, 0.15) is 22.8 Å². The monoisotopic (exact) mass is 364 g/mol. The second kappa shape index (κ2) is 6.55. The van der Waals surface area contributed by atoms with Crippen molar-refractivity contribution in [1.29, 1.82) is 0 Å². The average Bonchev–Trinajstić information content (AvgIpc) is 2.91. The van der Waals surface area contributed by atoms with E-state index in [4.69, 9.17) is 9.47 Å². The van der Waals surface area contributed by atoms with Gasteiger partial charge in [0.2, 0.25) is 0 Å². The first-order valence-electron chi connectivity index (χ1n) is 7.40. The number of hydrogen-bond acceptors (Lipinski definition) is 6. The minimum Gasteiger partial charge on any atom is -0.507 e. The van der Waals surface area contributed by atoms with Crippen LogP contribution in [-0.4, -0.2) is 31.4 Å². The van der Waals surface area contributed by atoms with Crippen LogP contribution in [0.15, 0.2) is 36.4 Å². The Kier molecular flexibility index (Phi) is 4.41. The molecule has 0 unspecified atom stereocenters. The van der Waals surface area contributed by atoms with Crippen molar-refractivity contribution in [1.82, 2.24) is 0 Å². The third kappa shape index (κ3) is 3.39. The third-order valence-corrected chi connectivity index (χ3v) is 3.61. The van der Waals surface area contributed by atoms with Crippen molar-refractivity contribution in [3.05, 3.63) is 47.5 Å². The minimum absolute atomic E-state index is 0.0446. The fraction of sp³-hybridized carbons (Fsp3) is 0.167. The molecule has 1 aliphatic heterocycles. The van der Waals surface area contributed by atoms with Crippen molar-refractivity contribution in [3.8, 4) is 28.7 Å². The Morgan fingerprint density at radius 2 is 1.85 bits per heavy atom. The van der Waals surface area contributed by atoms with E-state index in [-0.39, 0.29) is 28.6 Å². The molecule has 1 heterocycles. The lowest BCUT2D eigenvalue weighted by molar-refractivity contribution is -0.286. The van der Waals surface area contributed by atoms with Crippen molar-refractivity contribution in [2.24, 2.45) is 0 Å². The van der Waals surface area contributed by atoms with Gasteiger partial charge in [0.15, 0.2) is 17.3 Å². The standard InChI is InChI=1S/C18H14F2O6/c1-23-11-8-13(22)17(16(9-11)24-2)12(21)5-3-10-4-6-14-15(7-10)26-18(19,20)25-14/h3-9,22H,1-2H3/b5-3+. The van der Waals surface area contributed by atoms with Crippen LogP contribution in [0.25, 0.3) is 6.08 Å². The van der Waals surface area contributed by atoms with Crippen LogP contribution < -0.4 is 18.9 Å². The quantitative estimate of drug-likeness (QED) is 0.645. The summed E-state index contributed by atoms with van der Waals surface area (Å²) < 4.78 is 44.8. The molecule has 26 heavy (non-hydrogen) atoms. The predicted molar refractivity (Wildman–Crippen MR) is 87.2 cm³/mol. The zero-order chi connectivity index (χ0) is 18.9. The number of ketones is 1. The molecule has 0 amide bonds. The van der Waals surface area contributed by atoms with E-state index in [0.717, 1.165) is 0 Å². The number of allylic oxidation sites excluding steroid dienone is 1. The Hall–Kier alpha value is -3.29. The molecule has 1 N–H and O–H groups in total. The molecule has 3 rings (SSSR count). The maximum atomic E-state index is 13.0. The molecule has 0 fully saturated rings. The maximum absolute atomic E-state index is 13.0. The largest absolute Gasteiger partial charge is 0.586 e. The van der Waals surface area contributed by atoms with Crippen molar-refractivity contribution in [3.63, 3.8) is 0 Å². The number of hydrogen-bond donors (Lipinski definition) is 1. The van der Waals surface area contributed by atoms with Crippen LogP contribution in [0.5, 0.6) is 28.7 Å². The molecule has 2 aromatic rings. The van der Waals surface area contributed by atoms with Crippen molar-refractivity contribution < 1.29 is 37.6 Å². The fourth-order valence-corrected chi connectivity index (χ4v) is 2.43. The third-order valence-electron chi connectivity index (χ3n) is 3.61. The second-order valence-electron chi connectivity index (χ2n) is 5.30. The van der Waals surface area contributed by atoms with Crippen LogP contribution in [0.3, 0.4) is 0 Å². The van der Waals surface area contributed by atoms with E-state index in [1.807, 2.05) is 0 Å². The Labute approximate surface area is 147 Å². The van der Waals surface area contributed by atoms with Crippen LogP contribution in [0, 0.1) is 0 Å². The summed E-state index contributed by atoms with van der Waals surface area (Å²) in [5, 5.41) is 10.1. The number of ether oxygens (including phenoxy) is 4. The van der Waals surface area contributed by atoms with Gasteiger partial charge in [0, 0.05) is 12.1 Å². The molecule has 2 aromatic carbocycles. The van der Waals surface area contributed by atoms with Crippen molar-refractivity contribution in [2.75, 3.05) is 14.2 Å². The van der Waals surface area contributed by atoms with Crippen molar-refractivity contribution >= 4 is 11.9 Å². The zero-order valence-corrected chi connectivity index (χ0v) is 13.8. The summed E-state index contributed by atoms with van der Waals surface area (Å²) in [6.45, 7) is 0. The topological polar surface area (TPSA) is 74.2 Å². The highest BCUT2D eigenvalue weighted by molar-refractivity contribution is 6.10. The lowest BCUT2D eigenvalue weighted by Gasteiger charge is -2.10. The first-order chi connectivity index (χ1) is 12.3. The molecule has 0 radical (unpaired) electrons. The second-order valence-corrected chi connectivity index (χ2v) is 5.30. The number of benzene rings is 2. The van der Waals surface area contributed by atoms with Gasteiger partial charge < -0.3 is 24.1 Å². The smallest absolute Gasteiger partial charge is 0.507 e. The van der Waals surface area contributed by atoms with E-state index < -0.39 is 12.1 Å². The Bertz CT molecular complexity index is 891. The highest BCUT2D eigenvalue weighted by Crippen LogP contribution is 2.41. The van der Waals surface area contributed by atoms with E-state index >= 15 is 0 Å². The van der Waals surface area contributed by atoms with Gasteiger partial charge in [-0.3, -0.25) is 4.79 Å². The maximum Gasteiger partial charge on any atom is 0.586 e. The summed E-state index contributed by atoms with van der Waals surface area (Å²) in [5.41, 5.74) is 0.391. The Morgan fingerprint density at radius 1 is 1.12 bits per heavy atom. The molecule has 136 valence electrons. The summed E-state index contributed by atoms with van der Waals surface area (Å²) in [6, 6.07) is 6.85. The lowest BCUT2D eigenvalue weighted by Crippen LogP contribution is -2.25. The van der Waals surface area contributed by atoms with Gasteiger partial charge in [-0.1, -0.05) is 12.1 Å². The molecule has 0 bridgehead atoms. The molecule has 6 nitrogen and oxygen atoms in total. The first kappa shape index (κ1) is 17.5. The molecule has 1 aliphatic rings. The number of fused-ring (bicyclic) bond motifs is 1. The summed E-state index contributed by atoms with van der Waals surface area (Å²) in [4.78, 5) is 12.4. The van der Waals surface area contributed by atoms with Gasteiger partial charge in [-0.15, -0.1) is 8.78 Å². The van der Waals surface area contributed by atoms with Crippen LogP contribution in [0.2, 0.25) is 0 Å². The first-order valence-corrected chi connectivity index (χ1v) is 7.40. The van der Waals surface area contributed by atoms with E-state index in [0.29, 0.717) is 11.3 Å². The number of aromatic hydroxyl groups is 1. The minimum atomic E-state index is -3.71. The summed E-state index contributed by atoms with van der Waals surface area (Å²) in [6.07, 6.45) is -1.13. The predicted octanol–water partition coefficient (Wildman–Crippen LogP) is 3.63. The molecular formula is C18H14F2O6. The van der Waals surface area contributed by atoms with Gasteiger partial charge in [-0.25, -0.2) is 0 Å². The van der Waals surface area contributed by atoms with E-state index in [9.17, 15) is 18.7 Å². The van der Waals surface area contributed by atoms with E-state index in [1.54, 1.807) is 0 Å². The molecule has 0 spiro atoms. The lowest BCUT2D eigenvalue weighted by atomic mass is 10.1. The molecule has 0 atom stereocenters. The summed E-state index contributed by atoms with van der Waals surface area (Å²) in [7, 11) is 2.77. The van der Waals surface area contributed by atoms with Gasteiger partial charge in [0.25, 0.3) is 0 Å². The normalized spacial score (nSPS) is 14.5. The molecule has 0 aliphatic carbocycles. The molecule has 8 heteroatoms. The molecule has 0 aromatic heterocycles. The van der Waals surface area contributed by atoms with Crippen LogP contribution in [0.1, 0.15) is 15.9 Å². The van der Waals surface area contributed by atoms with E-state index in [1.165, 1.54) is 56.7 Å². The number of phenols is 1. The summed E-state index contributed by atoms with van der Waals surface area (Å²) in [5.74, 6) is -0.591. The highest BCUT2D eigenvalue weighted by Gasteiger charge is 2.43. The number of alkyl halides is 2. The number of carbonyl (C=O) groups is 1. The van der Waals surface area contributed by atoms with Crippen LogP contribution >= 0.6 is 0 Å². The van der Waals surface area contributed by atoms with E-state index in [2.05, 4.69) is 9.47 Å².